The maximum Gasteiger partial charge on any atom is 0.354 e. The first-order valence-electron chi connectivity index (χ1n) is 10.9. The molecule has 11 heteroatoms. The third kappa shape index (κ3) is 5.16. The second-order valence-corrected chi connectivity index (χ2v) is 16.8. The number of nitrogens with zero attached hydrogens (tertiary/aromatic N) is 4. The zero-order valence-corrected chi connectivity index (χ0v) is 21.7. The molecule has 0 unspecified atom stereocenters. The molecule has 3 rings (SSSR count). The van der Waals surface area contributed by atoms with Crippen molar-refractivity contribution in [3.05, 3.63) is 34.9 Å². The third-order valence-electron chi connectivity index (χ3n) is 5.78. The number of carbonyl (C=O) groups is 1. The van der Waals surface area contributed by atoms with Crippen LogP contribution in [0.1, 0.15) is 34.4 Å². The highest BCUT2D eigenvalue weighted by molar-refractivity contribution is 7.89. The van der Waals surface area contributed by atoms with E-state index in [1.165, 1.54) is 10.4 Å². The molecule has 0 aromatic carbocycles. The van der Waals surface area contributed by atoms with E-state index in [4.69, 9.17) is 9.47 Å². The van der Waals surface area contributed by atoms with Gasteiger partial charge in [-0.05, 0) is 26.0 Å². The van der Waals surface area contributed by atoms with Crippen molar-refractivity contribution < 1.29 is 22.7 Å². The van der Waals surface area contributed by atoms with Crippen molar-refractivity contribution in [3.63, 3.8) is 0 Å². The molecule has 0 saturated heterocycles. The first-order valence-corrected chi connectivity index (χ1v) is 16.1. The summed E-state index contributed by atoms with van der Waals surface area (Å²) in [5, 5.41) is 4.42. The molecule has 0 fully saturated rings. The minimum atomic E-state index is -3.77. The molecule has 1 aliphatic rings. The maximum atomic E-state index is 13.4. The molecular formula is C21H34N4O5SSi. The lowest BCUT2D eigenvalue weighted by molar-refractivity contribution is 0.0515. The molecule has 0 atom stereocenters. The Kier molecular flexibility index (Phi) is 7.33. The number of esters is 1. The van der Waals surface area contributed by atoms with E-state index >= 15 is 0 Å². The zero-order valence-electron chi connectivity index (χ0n) is 19.8. The number of ether oxygens (including phenoxy) is 2. The van der Waals surface area contributed by atoms with Gasteiger partial charge in [-0.3, -0.25) is 0 Å². The first-order chi connectivity index (χ1) is 15.0. The molecule has 0 amide bonds. The largest absolute Gasteiger partial charge is 0.461 e. The van der Waals surface area contributed by atoms with Crippen LogP contribution < -0.4 is 0 Å². The molecule has 2 aromatic heterocycles. The van der Waals surface area contributed by atoms with Crippen molar-refractivity contribution in [1.82, 2.24) is 18.7 Å². The molecular weight excluding hydrogens is 448 g/mol. The van der Waals surface area contributed by atoms with Gasteiger partial charge in [-0.2, -0.15) is 9.40 Å². The number of sulfonamides is 1. The van der Waals surface area contributed by atoms with Crippen molar-refractivity contribution in [2.75, 3.05) is 19.8 Å². The molecule has 9 nitrogen and oxygen atoms in total. The number of aromatic nitrogens is 3. The minimum absolute atomic E-state index is 0.133. The van der Waals surface area contributed by atoms with E-state index in [2.05, 4.69) is 24.7 Å². The van der Waals surface area contributed by atoms with Crippen LogP contribution in [0.25, 0.3) is 0 Å². The summed E-state index contributed by atoms with van der Waals surface area (Å²) in [6.07, 6.45) is 2.28. The topological polar surface area (TPSA) is 95.7 Å². The minimum Gasteiger partial charge on any atom is -0.461 e. The molecule has 0 aliphatic carbocycles. The molecule has 0 spiro atoms. The number of carbonyl (C=O) groups excluding carboxylic acids is 1. The molecule has 0 saturated carbocycles. The fourth-order valence-electron chi connectivity index (χ4n) is 3.69. The van der Waals surface area contributed by atoms with Crippen LogP contribution in [0.15, 0.2) is 17.2 Å². The zero-order chi connectivity index (χ0) is 23.7. The third-order valence-corrected chi connectivity index (χ3v) is 9.45. The van der Waals surface area contributed by atoms with Crippen LogP contribution in [0.4, 0.5) is 0 Å². The predicted molar refractivity (Wildman–Crippen MR) is 124 cm³/mol. The summed E-state index contributed by atoms with van der Waals surface area (Å²) < 4.78 is 42.5. The van der Waals surface area contributed by atoms with Crippen LogP contribution in [0.5, 0.6) is 0 Å². The van der Waals surface area contributed by atoms with Gasteiger partial charge in [0.1, 0.15) is 17.3 Å². The van der Waals surface area contributed by atoms with Crippen molar-refractivity contribution in [2.45, 2.75) is 64.1 Å². The molecule has 1 aliphatic heterocycles. The molecule has 3 heterocycles. The number of rotatable bonds is 9. The van der Waals surface area contributed by atoms with Gasteiger partial charge in [0.05, 0.1) is 12.8 Å². The van der Waals surface area contributed by atoms with Crippen molar-refractivity contribution in [2.24, 2.45) is 7.05 Å². The molecule has 178 valence electrons. The van der Waals surface area contributed by atoms with Crippen LogP contribution in [0.2, 0.25) is 25.7 Å². The van der Waals surface area contributed by atoms with Crippen LogP contribution >= 0.6 is 0 Å². The van der Waals surface area contributed by atoms with Gasteiger partial charge in [-0.1, -0.05) is 19.6 Å². The van der Waals surface area contributed by atoms with Gasteiger partial charge in [-0.15, -0.1) is 0 Å². The van der Waals surface area contributed by atoms with E-state index in [0.717, 1.165) is 17.3 Å². The Balaban J connectivity index is 1.74. The monoisotopic (exact) mass is 482 g/mol. The van der Waals surface area contributed by atoms with Crippen molar-refractivity contribution >= 4 is 24.1 Å². The summed E-state index contributed by atoms with van der Waals surface area (Å²) >= 11 is 0. The average molecular weight is 483 g/mol. The van der Waals surface area contributed by atoms with Gasteiger partial charge in [0.15, 0.2) is 0 Å². The van der Waals surface area contributed by atoms with E-state index in [1.54, 1.807) is 31.7 Å². The molecule has 32 heavy (non-hydrogen) atoms. The van der Waals surface area contributed by atoms with Crippen molar-refractivity contribution in [3.8, 4) is 0 Å². The van der Waals surface area contributed by atoms with E-state index in [9.17, 15) is 13.2 Å². The quantitative estimate of drug-likeness (QED) is 0.310. The van der Waals surface area contributed by atoms with E-state index in [-0.39, 0.29) is 23.7 Å². The lowest BCUT2D eigenvalue weighted by atomic mass is 10.1. The highest BCUT2D eigenvalue weighted by Crippen LogP contribution is 2.28. The Bertz CT molecular complexity index is 1080. The molecule has 0 N–H and O–H groups in total. The molecule has 0 bridgehead atoms. The van der Waals surface area contributed by atoms with Gasteiger partial charge in [0.25, 0.3) is 0 Å². The van der Waals surface area contributed by atoms with Gasteiger partial charge in [0.2, 0.25) is 10.0 Å². The maximum absolute atomic E-state index is 13.4. The van der Waals surface area contributed by atoms with Crippen LogP contribution in [-0.2, 0) is 46.2 Å². The van der Waals surface area contributed by atoms with Gasteiger partial charge >= 0.3 is 5.97 Å². The summed E-state index contributed by atoms with van der Waals surface area (Å²) in [6, 6.07) is 2.50. The Morgan fingerprint density at radius 3 is 2.66 bits per heavy atom. The van der Waals surface area contributed by atoms with Crippen molar-refractivity contribution in [1.29, 1.82) is 0 Å². The van der Waals surface area contributed by atoms with Crippen LogP contribution in [0.3, 0.4) is 0 Å². The summed E-state index contributed by atoms with van der Waals surface area (Å²) in [4.78, 5) is 12.3. The van der Waals surface area contributed by atoms with Gasteiger partial charge in [0, 0.05) is 58.2 Å². The second kappa shape index (κ2) is 9.50. The standard InChI is InChI=1S/C21H34N4O5SSi/c1-7-30-21(26)19-12-20(16(2)23(19)3)31(27,28)24-9-8-18-17(14-24)13-22-25(18)15-29-10-11-32(4,5)6/h12-13H,7-11,14-15H2,1-6H3. The Morgan fingerprint density at radius 2 is 2.00 bits per heavy atom. The van der Waals surface area contributed by atoms with E-state index in [1.807, 2.05) is 4.68 Å². The lowest BCUT2D eigenvalue weighted by Gasteiger charge is -2.26. The molecule has 2 aromatic rings. The summed E-state index contributed by atoms with van der Waals surface area (Å²) in [7, 11) is -3.25. The summed E-state index contributed by atoms with van der Waals surface area (Å²) in [5.41, 5.74) is 2.63. The average Bonchev–Trinajstić information content (AvgIpc) is 3.26. The van der Waals surface area contributed by atoms with Gasteiger partial charge in [-0.25, -0.2) is 17.9 Å². The Hall–Kier alpha value is -1.95. The molecule has 0 radical (unpaired) electrons. The first kappa shape index (κ1) is 24.7. The fourth-order valence-corrected chi connectivity index (χ4v) is 6.14. The van der Waals surface area contributed by atoms with Gasteiger partial charge < -0.3 is 14.0 Å². The summed E-state index contributed by atoms with van der Waals surface area (Å²) in [5.74, 6) is -0.532. The second-order valence-electron chi connectivity index (χ2n) is 9.31. The Labute approximate surface area is 191 Å². The van der Waals surface area contributed by atoms with Crippen LogP contribution in [0, 0.1) is 6.92 Å². The van der Waals surface area contributed by atoms with Crippen LogP contribution in [-0.4, -0.2) is 60.9 Å². The summed E-state index contributed by atoms with van der Waals surface area (Å²) in [6.45, 7) is 12.3. The lowest BCUT2D eigenvalue weighted by Crippen LogP contribution is -2.36. The smallest absolute Gasteiger partial charge is 0.354 e. The number of hydrogen-bond donors (Lipinski definition) is 0. The van der Waals surface area contributed by atoms with E-state index < -0.39 is 24.1 Å². The normalized spacial score (nSPS) is 15.1. The highest BCUT2D eigenvalue weighted by Gasteiger charge is 2.33. The number of hydrogen-bond acceptors (Lipinski definition) is 6. The Morgan fingerprint density at radius 1 is 1.28 bits per heavy atom. The van der Waals surface area contributed by atoms with E-state index in [0.29, 0.717) is 32.0 Å². The fraction of sp³-hybridized carbons (Fsp3) is 0.619. The highest BCUT2D eigenvalue weighted by atomic mass is 32.2. The number of fused-ring (bicyclic) bond motifs is 1. The predicted octanol–water partition coefficient (Wildman–Crippen LogP) is 2.77. The SMILES string of the molecule is CCOC(=O)c1cc(S(=O)(=O)N2CCc3c(cnn3COCC[Si](C)(C)C)C2)c(C)n1C.